The van der Waals surface area contributed by atoms with Crippen LogP contribution in [0.1, 0.15) is 36.6 Å². The summed E-state index contributed by atoms with van der Waals surface area (Å²) in [6.07, 6.45) is 4.54. The summed E-state index contributed by atoms with van der Waals surface area (Å²) >= 11 is 3.76. The third-order valence-electron chi connectivity index (χ3n) is 4.62. The largest absolute Gasteiger partial charge is 0.496 e. The number of thioether (sulfide) groups is 1. The van der Waals surface area contributed by atoms with Crippen LogP contribution in [-0.2, 0) is 4.74 Å². The maximum absolute atomic E-state index is 6.55. The number of methoxy groups -OCH3 is 1. The topological polar surface area (TPSA) is 44.5 Å². The lowest BCUT2D eigenvalue weighted by Crippen LogP contribution is -2.45. The third-order valence-corrected chi connectivity index (χ3v) is 6.61. The molecule has 2 unspecified atom stereocenters. The van der Waals surface area contributed by atoms with Crippen molar-refractivity contribution in [1.29, 1.82) is 0 Å². The van der Waals surface area contributed by atoms with Crippen molar-refractivity contribution in [2.24, 2.45) is 11.7 Å². The summed E-state index contributed by atoms with van der Waals surface area (Å²) < 4.78 is 11.6. The molecule has 2 saturated heterocycles. The van der Waals surface area contributed by atoms with Gasteiger partial charge >= 0.3 is 0 Å². The van der Waals surface area contributed by atoms with Gasteiger partial charge in [-0.1, -0.05) is 0 Å². The van der Waals surface area contributed by atoms with E-state index in [0.29, 0.717) is 5.92 Å². The Kier molecular flexibility index (Phi) is 4.60. The van der Waals surface area contributed by atoms with Gasteiger partial charge in [0.1, 0.15) is 5.75 Å². The minimum Gasteiger partial charge on any atom is -0.496 e. The molecule has 1 aromatic heterocycles. The van der Waals surface area contributed by atoms with Crippen LogP contribution in [0.2, 0.25) is 0 Å². The Bertz CT molecular complexity index is 437. The van der Waals surface area contributed by atoms with Gasteiger partial charge in [0.25, 0.3) is 0 Å². The summed E-state index contributed by atoms with van der Waals surface area (Å²) in [5.74, 6) is 3.91. The molecule has 20 heavy (non-hydrogen) atoms. The average Bonchev–Trinajstić information content (AvgIpc) is 2.96. The molecule has 0 aromatic carbocycles. The molecule has 0 saturated carbocycles. The molecule has 1 aromatic rings. The monoisotopic (exact) mass is 313 g/mol. The quantitative estimate of drug-likeness (QED) is 0.928. The number of hydrogen-bond acceptors (Lipinski definition) is 5. The molecule has 3 rings (SSSR count). The number of ether oxygens (including phenoxy) is 2. The van der Waals surface area contributed by atoms with Gasteiger partial charge in [0.15, 0.2) is 0 Å². The Hall–Kier alpha value is -0.230. The first-order chi connectivity index (χ1) is 9.74. The van der Waals surface area contributed by atoms with Crippen molar-refractivity contribution in [3.63, 3.8) is 0 Å². The highest BCUT2D eigenvalue weighted by Crippen LogP contribution is 2.45. The molecular formula is C15H23NO2S2. The summed E-state index contributed by atoms with van der Waals surface area (Å²) in [6.45, 7) is 0.858. The van der Waals surface area contributed by atoms with E-state index in [4.69, 9.17) is 15.2 Å². The van der Waals surface area contributed by atoms with Crippen LogP contribution in [0.25, 0.3) is 0 Å². The number of hydrogen-bond donors (Lipinski definition) is 1. The van der Waals surface area contributed by atoms with Crippen LogP contribution in [0.5, 0.6) is 5.75 Å². The fourth-order valence-corrected chi connectivity index (χ4v) is 5.59. The van der Waals surface area contributed by atoms with E-state index >= 15 is 0 Å². The second-order valence-electron chi connectivity index (χ2n) is 5.78. The summed E-state index contributed by atoms with van der Waals surface area (Å²) in [5, 5.41) is 2.07. The molecule has 1 spiro atoms. The predicted molar refractivity (Wildman–Crippen MR) is 85.8 cm³/mol. The molecule has 112 valence electrons. The first-order valence-electron chi connectivity index (χ1n) is 7.33. The Morgan fingerprint density at radius 1 is 1.45 bits per heavy atom. The van der Waals surface area contributed by atoms with E-state index < -0.39 is 0 Å². The van der Waals surface area contributed by atoms with Crippen molar-refractivity contribution in [1.82, 2.24) is 0 Å². The number of rotatable bonds is 3. The molecule has 2 aliphatic heterocycles. The van der Waals surface area contributed by atoms with E-state index in [1.54, 1.807) is 18.4 Å². The van der Waals surface area contributed by atoms with Gasteiger partial charge in [-0.2, -0.15) is 11.8 Å². The summed E-state index contributed by atoms with van der Waals surface area (Å²) in [6, 6.07) is 2.10. The maximum Gasteiger partial charge on any atom is 0.134 e. The summed E-state index contributed by atoms with van der Waals surface area (Å²) in [7, 11) is 1.72. The molecule has 0 aliphatic carbocycles. The zero-order valence-electron chi connectivity index (χ0n) is 12.0. The van der Waals surface area contributed by atoms with E-state index in [9.17, 15) is 0 Å². The number of thiophene rings is 1. The molecule has 3 nitrogen and oxygen atoms in total. The third kappa shape index (κ3) is 2.86. The van der Waals surface area contributed by atoms with Crippen LogP contribution < -0.4 is 10.5 Å². The lowest BCUT2D eigenvalue weighted by Gasteiger charge is -2.44. The van der Waals surface area contributed by atoms with Crippen LogP contribution in [0, 0.1) is 5.92 Å². The van der Waals surface area contributed by atoms with E-state index in [-0.39, 0.29) is 11.6 Å². The van der Waals surface area contributed by atoms with Gasteiger partial charge in [0.2, 0.25) is 0 Å². The van der Waals surface area contributed by atoms with Crippen molar-refractivity contribution >= 4 is 23.1 Å². The Balaban J connectivity index is 1.73. The second-order valence-corrected chi connectivity index (χ2v) is 7.95. The zero-order valence-corrected chi connectivity index (χ0v) is 13.6. The fourth-order valence-electron chi connectivity index (χ4n) is 3.40. The summed E-state index contributed by atoms with van der Waals surface area (Å²) in [5.41, 5.74) is 6.66. The zero-order chi connectivity index (χ0) is 14.0. The van der Waals surface area contributed by atoms with E-state index in [2.05, 4.69) is 5.38 Å². The lowest BCUT2D eigenvalue weighted by molar-refractivity contribution is -0.105. The first-order valence-corrected chi connectivity index (χ1v) is 9.36. The predicted octanol–water partition coefficient (Wildman–Crippen LogP) is 3.45. The second kappa shape index (κ2) is 6.26. The van der Waals surface area contributed by atoms with E-state index in [1.807, 2.05) is 17.8 Å². The van der Waals surface area contributed by atoms with Gasteiger partial charge in [-0.3, -0.25) is 0 Å². The highest BCUT2D eigenvalue weighted by molar-refractivity contribution is 7.99. The van der Waals surface area contributed by atoms with Crippen LogP contribution in [0.15, 0.2) is 11.4 Å². The molecule has 3 heterocycles. The van der Waals surface area contributed by atoms with Gasteiger partial charge < -0.3 is 15.2 Å². The van der Waals surface area contributed by atoms with E-state index in [1.165, 1.54) is 29.2 Å². The van der Waals surface area contributed by atoms with E-state index in [0.717, 1.165) is 25.2 Å². The molecule has 0 amide bonds. The maximum atomic E-state index is 6.55. The first kappa shape index (κ1) is 14.7. The van der Waals surface area contributed by atoms with Crippen LogP contribution in [-0.4, -0.2) is 30.8 Å². The minimum absolute atomic E-state index is 0.0836. The molecule has 2 N–H and O–H groups in total. The molecule has 2 aliphatic rings. The van der Waals surface area contributed by atoms with Gasteiger partial charge in [-0.05, 0) is 54.6 Å². The minimum atomic E-state index is 0.0836. The van der Waals surface area contributed by atoms with Crippen LogP contribution in [0.3, 0.4) is 0 Å². The molecule has 5 heteroatoms. The van der Waals surface area contributed by atoms with Gasteiger partial charge in [-0.25, -0.2) is 0 Å². The molecule has 0 radical (unpaired) electrons. The molecule has 2 fully saturated rings. The van der Waals surface area contributed by atoms with Crippen LogP contribution >= 0.6 is 23.1 Å². The summed E-state index contributed by atoms with van der Waals surface area (Å²) in [4.78, 5) is 1.19. The normalized spacial score (nSPS) is 27.4. The standard InChI is InChI=1S/C15H23NO2S2/c1-17-12-3-7-20-14(12)13(16)11-2-6-18-15(10-11)4-8-19-9-5-15/h3,7,11,13H,2,4-6,8-10,16H2,1H3. The van der Waals surface area contributed by atoms with Crippen molar-refractivity contribution in [3.05, 3.63) is 16.3 Å². The Morgan fingerprint density at radius 3 is 3.00 bits per heavy atom. The number of nitrogens with two attached hydrogens (primary N) is 1. The van der Waals surface area contributed by atoms with Crippen molar-refractivity contribution in [3.8, 4) is 5.75 Å². The van der Waals surface area contributed by atoms with Crippen molar-refractivity contribution in [2.75, 3.05) is 25.2 Å². The Labute approximate surface area is 129 Å². The molecule has 2 atom stereocenters. The Morgan fingerprint density at radius 2 is 2.25 bits per heavy atom. The fraction of sp³-hybridized carbons (Fsp3) is 0.733. The SMILES string of the molecule is COc1ccsc1C(N)C1CCOC2(CCSCC2)C1. The van der Waals surface area contributed by atoms with Crippen LogP contribution in [0.4, 0.5) is 0 Å². The van der Waals surface area contributed by atoms with Crippen molar-refractivity contribution in [2.45, 2.75) is 37.3 Å². The highest BCUT2D eigenvalue weighted by atomic mass is 32.2. The highest BCUT2D eigenvalue weighted by Gasteiger charge is 2.41. The van der Waals surface area contributed by atoms with Gasteiger partial charge in [0, 0.05) is 12.6 Å². The van der Waals surface area contributed by atoms with Crippen molar-refractivity contribution < 1.29 is 9.47 Å². The van der Waals surface area contributed by atoms with Gasteiger partial charge in [0.05, 0.1) is 17.6 Å². The smallest absolute Gasteiger partial charge is 0.134 e. The van der Waals surface area contributed by atoms with Gasteiger partial charge in [-0.15, -0.1) is 11.3 Å². The lowest BCUT2D eigenvalue weighted by atomic mass is 9.78. The average molecular weight is 313 g/mol. The molecular weight excluding hydrogens is 290 g/mol. The molecule has 0 bridgehead atoms.